The molecule has 1 aliphatic rings. The fraction of sp³-hybridized carbons (Fsp3) is 0.545. The molecule has 28 heavy (non-hydrogen) atoms. The van der Waals surface area contributed by atoms with E-state index in [1.165, 1.54) is 16.8 Å². The highest BCUT2D eigenvalue weighted by Gasteiger charge is 2.23. The zero-order valence-corrected chi connectivity index (χ0v) is 19.1. The van der Waals surface area contributed by atoms with Gasteiger partial charge in [0.05, 0.1) is 17.4 Å². The summed E-state index contributed by atoms with van der Waals surface area (Å²) in [6.45, 7) is 4.74. The summed E-state index contributed by atoms with van der Waals surface area (Å²) >= 11 is 11.5. The van der Waals surface area contributed by atoms with E-state index in [0.717, 1.165) is 49.8 Å². The summed E-state index contributed by atoms with van der Waals surface area (Å²) in [6, 6.07) is 7.37. The first-order valence-corrected chi connectivity index (χ1v) is 12.1. The molecule has 3 nitrogen and oxygen atoms in total. The lowest BCUT2D eigenvalue weighted by Gasteiger charge is -2.28. The van der Waals surface area contributed by atoms with E-state index in [9.17, 15) is 4.21 Å². The molecule has 6 heteroatoms. The van der Waals surface area contributed by atoms with Crippen molar-refractivity contribution in [2.45, 2.75) is 68.9 Å². The lowest BCUT2D eigenvalue weighted by molar-refractivity contribution is 0.0817. The Labute approximate surface area is 181 Å². The van der Waals surface area contributed by atoms with Gasteiger partial charge in [-0.2, -0.15) is 0 Å². The molecule has 0 saturated heterocycles. The average molecular weight is 444 g/mol. The Morgan fingerprint density at radius 3 is 2.61 bits per heavy atom. The van der Waals surface area contributed by atoms with Crippen LogP contribution in [0.4, 0.5) is 0 Å². The summed E-state index contributed by atoms with van der Waals surface area (Å²) in [5.74, 6) is 0.623. The minimum atomic E-state index is -0.985. The molecule has 2 atom stereocenters. The molecule has 1 fully saturated rings. The minimum Gasteiger partial charge on any atom is -0.272 e. The highest BCUT2D eigenvalue weighted by atomic mass is 35.5. The monoisotopic (exact) mass is 443 g/mol. The predicted octanol–water partition coefficient (Wildman–Crippen LogP) is 6.74. The number of hydrogen-bond acceptors (Lipinski definition) is 3. The smallest absolute Gasteiger partial charge is 0.0938 e. The van der Waals surface area contributed by atoms with Crippen molar-refractivity contribution in [3.8, 4) is 0 Å². The van der Waals surface area contributed by atoms with Gasteiger partial charge in [0.1, 0.15) is 0 Å². The quantitative estimate of drug-likeness (QED) is 0.321. The summed E-state index contributed by atoms with van der Waals surface area (Å²) < 4.78 is 12.8. The molecule has 156 valence electrons. The Bertz CT molecular complexity index is 678. The van der Waals surface area contributed by atoms with Gasteiger partial charge in [0.2, 0.25) is 0 Å². The second kappa shape index (κ2) is 12.7. The number of benzene rings is 1. The molecule has 0 heterocycles. The lowest BCUT2D eigenvalue weighted by atomic mass is 9.82. The Morgan fingerprint density at radius 1 is 1.32 bits per heavy atom. The molecule has 0 spiro atoms. The van der Waals surface area contributed by atoms with Crippen LogP contribution in [0.1, 0.15) is 58.8 Å². The van der Waals surface area contributed by atoms with Gasteiger partial charge in [-0.25, -0.2) is 0 Å². The van der Waals surface area contributed by atoms with Crippen LogP contribution in [0.25, 0.3) is 0 Å². The fourth-order valence-electron chi connectivity index (χ4n) is 3.68. The molecule has 0 amide bonds. The van der Waals surface area contributed by atoms with Gasteiger partial charge in [0.25, 0.3) is 0 Å². The SMILES string of the molecule is CCCC(NOCC=CCl)=C1CCC(CC(C)S(=O)c2ccc(Cl)cc2)CC1. The second-order valence-electron chi connectivity index (χ2n) is 7.35. The topological polar surface area (TPSA) is 38.3 Å². The third kappa shape index (κ3) is 7.55. The van der Waals surface area contributed by atoms with Crippen molar-refractivity contribution in [2.75, 3.05) is 6.61 Å². The van der Waals surface area contributed by atoms with Crippen LogP contribution in [0.15, 0.2) is 52.0 Å². The molecule has 2 unspecified atom stereocenters. The maximum absolute atomic E-state index is 12.8. The zero-order chi connectivity index (χ0) is 20.4. The van der Waals surface area contributed by atoms with Crippen LogP contribution in [0.3, 0.4) is 0 Å². The molecular formula is C22H31Cl2NO2S. The number of allylic oxidation sites excluding steroid dienone is 2. The number of halogens is 2. The first-order valence-electron chi connectivity index (χ1n) is 10.0. The zero-order valence-electron chi connectivity index (χ0n) is 16.8. The summed E-state index contributed by atoms with van der Waals surface area (Å²) in [7, 11) is -0.985. The number of hydrogen-bond donors (Lipinski definition) is 1. The van der Waals surface area contributed by atoms with Gasteiger partial charge in [-0.1, -0.05) is 43.5 Å². The summed E-state index contributed by atoms with van der Waals surface area (Å²) in [4.78, 5) is 6.36. The lowest BCUT2D eigenvalue weighted by Crippen LogP contribution is -2.21. The van der Waals surface area contributed by atoms with Crippen LogP contribution >= 0.6 is 23.2 Å². The molecule has 2 rings (SSSR count). The molecule has 1 aromatic rings. The highest BCUT2D eigenvalue weighted by molar-refractivity contribution is 7.85. The highest BCUT2D eigenvalue weighted by Crippen LogP contribution is 2.34. The minimum absolute atomic E-state index is 0.149. The molecule has 0 bridgehead atoms. The van der Waals surface area contributed by atoms with Crippen LogP contribution in [0.5, 0.6) is 0 Å². The number of nitrogens with one attached hydrogen (secondary N) is 1. The van der Waals surface area contributed by atoms with Gasteiger partial charge < -0.3 is 0 Å². The first kappa shape index (κ1) is 23.5. The van der Waals surface area contributed by atoms with Crippen molar-refractivity contribution in [3.63, 3.8) is 0 Å². The maximum Gasteiger partial charge on any atom is 0.0938 e. The van der Waals surface area contributed by atoms with Crippen molar-refractivity contribution >= 4 is 34.0 Å². The van der Waals surface area contributed by atoms with Gasteiger partial charge in [0.15, 0.2) is 0 Å². The normalized spacial score (nSPS) is 19.6. The Kier molecular flexibility index (Phi) is 10.6. The van der Waals surface area contributed by atoms with E-state index < -0.39 is 10.8 Å². The number of rotatable bonds is 10. The van der Waals surface area contributed by atoms with Gasteiger partial charge in [-0.3, -0.25) is 14.5 Å². The summed E-state index contributed by atoms with van der Waals surface area (Å²) in [6.07, 6.45) is 9.31. The third-order valence-corrected chi connectivity index (χ3v) is 7.27. The van der Waals surface area contributed by atoms with Gasteiger partial charge >= 0.3 is 0 Å². The van der Waals surface area contributed by atoms with Gasteiger partial charge in [-0.05, 0) is 80.4 Å². The molecule has 1 saturated carbocycles. The Balaban J connectivity index is 1.87. The standard InChI is InChI=1S/C22H31Cl2NO2S/c1-3-5-22(25-27-15-4-14-23)19-8-6-18(7-9-19)16-17(2)28(26)21-12-10-20(24)11-13-21/h4,10-14,17-18,25H,3,5-9,15-16H2,1-2H3. The van der Waals surface area contributed by atoms with Crippen molar-refractivity contribution in [1.29, 1.82) is 0 Å². The predicted molar refractivity (Wildman–Crippen MR) is 120 cm³/mol. The van der Waals surface area contributed by atoms with Crippen molar-refractivity contribution in [3.05, 3.63) is 52.2 Å². The van der Waals surface area contributed by atoms with Gasteiger partial charge in [0, 0.05) is 26.4 Å². The van der Waals surface area contributed by atoms with Gasteiger partial charge in [-0.15, -0.1) is 0 Å². The van der Waals surface area contributed by atoms with Crippen molar-refractivity contribution < 1.29 is 9.05 Å². The van der Waals surface area contributed by atoms with Crippen LogP contribution in [-0.2, 0) is 15.6 Å². The van der Waals surface area contributed by atoms with E-state index in [-0.39, 0.29) is 5.25 Å². The van der Waals surface area contributed by atoms with Crippen LogP contribution in [-0.4, -0.2) is 16.1 Å². The molecule has 1 aromatic carbocycles. The Hall–Kier alpha value is -0.810. The average Bonchev–Trinajstić information content (AvgIpc) is 2.71. The Morgan fingerprint density at radius 2 is 2.00 bits per heavy atom. The largest absolute Gasteiger partial charge is 0.272 e. The van der Waals surface area contributed by atoms with E-state index in [2.05, 4.69) is 19.3 Å². The number of hydroxylamine groups is 1. The maximum atomic E-state index is 12.8. The van der Waals surface area contributed by atoms with E-state index in [1.54, 1.807) is 6.08 Å². The van der Waals surface area contributed by atoms with Crippen LogP contribution < -0.4 is 5.48 Å². The molecule has 0 radical (unpaired) electrons. The van der Waals surface area contributed by atoms with Crippen molar-refractivity contribution in [2.24, 2.45) is 5.92 Å². The first-order chi connectivity index (χ1) is 13.5. The second-order valence-corrected chi connectivity index (χ2v) is 9.91. The van der Waals surface area contributed by atoms with E-state index >= 15 is 0 Å². The molecular weight excluding hydrogens is 413 g/mol. The van der Waals surface area contributed by atoms with E-state index in [4.69, 9.17) is 28.0 Å². The third-order valence-electron chi connectivity index (χ3n) is 5.18. The molecule has 0 aliphatic heterocycles. The molecule has 0 aromatic heterocycles. The summed E-state index contributed by atoms with van der Waals surface area (Å²) in [5, 5.41) is 0.828. The summed E-state index contributed by atoms with van der Waals surface area (Å²) in [5.41, 5.74) is 7.30. The van der Waals surface area contributed by atoms with Crippen LogP contribution in [0.2, 0.25) is 5.02 Å². The van der Waals surface area contributed by atoms with Crippen molar-refractivity contribution in [1.82, 2.24) is 5.48 Å². The van der Waals surface area contributed by atoms with E-state index in [1.807, 2.05) is 24.3 Å². The molecule has 1 aliphatic carbocycles. The molecule has 1 N–H and O–H groups in total. The van der Waals surface area contributed by atoms with E-state index in [0.29, 0.717) is 17.5 Å². The van der Waals surface area contributed by atoms with Crippen LogP contribution in [0, 0.1) is 5.92 Å². The fourth-order valence-corrected chi connectivity index (χ4v) is 5.20.